The van der Waals surface area contributed by atoms with Gasteiger partial charge in [0.2, 0.25) is 11.8 Å². The number of carbonyl (C=O) groups is 1. The van der Waals surface area contributed by atoms with Crippen molar-refractivity contribution in [2.24, 2.45) is 0 Å². The highest BCUT2D eigenvalue weighted by Crippen LogP contribution is 2.31. The smallest absolute Gasteiger partial charge is 0.236 e. The molecule has 0 atom stereocenters. The van der Waals surface area contributed by atoms with E-state index in [-0.39, 0.29) is 5.91 Å². The van der Waals surface area contributed by atoms with Gasteiger partial charge in [0.25, 0.3) is 0 Å². The van der Waals surface area contributed by atoms with Crippen LogP contribution in [-0.2, 0) is 17.0 Å². The summed E-state index contributed by atoms with van der Waals surface area (Å²) in [6.45, 7) is 6.78. The number of benzene rings is 1. The Labute approximate surface area is 140 Å². The van der Waals surface area contributed by atoms with Gasteiger partial charge in [-0.25, -0.2) is 0 Å². The average Bonchev–Trinajstić information content (AvgIpc) is 2.92. The van der Waals surface area contributed by atoms with E-state index in [1.54, 1.807) is 6.92 Å². The van der Waals surface area contributed by atoms with E-state index in [1.165, 1.54) is 28.5 Å². The molecule has 23 heavy (non-hydrogen) atoms. The van der Waals surface area contributed by atoms with Gasteiger partial charge in [0, 0.05) is 19.2 Å². The number of fused-ring (bicyclic) bond motifs is 1. The molecule has 0 N–H and O–H groups in total. The first-order valence-electron chi connectivity index (χ1n) is 7.82. The van der Waals surface area contributed by atoms with Crippen molar-refractivity contribution in [2.45, 2.75) is 39.4 Å². The van der Waals surface area contributed by atoms with Crippen LogP contribution in [0.15, 0.2) is 16.7 Å². The van der Waals surface area contributed by atoms with E-state index < -0.39 is 0 Å². The Hall–Kier alpha value is -1.82. The molecule has 0 unspecified atom stereocenters. The second kappa shape index (κ2) is 6.74. The second-order valence-corrected chi connectivity index (χ2v) is 6.94. The number of thioether (sulfide) groups is 1. The maximum absolute atomic E-state index is 12.6. The largest absolute Gasteiger partial charge is 0.340 e. The summed E-state index contributed by atoms with van der Waals surface area (Å²) >= 11 is 1.53. The first kappa shape index (κ1) is 16.1. The zero-order valence-electron chi connectivity index (χ0n) is 13.8. The normalized spacial score (nSPS) is 14.0. The Morgan fingerprint density at radius 1 is 1.35 bits per heavy atom. The van der Waals surface area contributed by atoms with Crippen molar-refractivity contribution in [3.63, 3.8) is 0 Å². The maximum Gasteiger partial charge on any atom is 0.236 e. The number of hydrogen-bond donors (Lipinski definition) is 0. The standard InChI is InChI=1S/C17H21N3O2S/c1-11-7-12(2)14-5-4-6-20(15(14)8-11)17(21)10-23-9-16-18-13(3)22-19-16/h7-8H,4-6,9-10H2,1-3H3. The molecule has 122 valence electrons. The van der Waals surface area contributed by atoms with Crippen LogP contribution in [0, 0.1) is 20.8 Å². The van der Waals surface area contributed by atoms with Gasteiger partial charge in [0.15, 0.2) is 5.82 Å². The zero-order chi connectivity index (χ0) is 16.4. The molecule has 3 rings (SSSR count). The van der Waals surface area contributed by atoms with E-state index in [2.05, 4.69) is 36.1 Å². The first-order valence-corrected chi connectivity index (χ1v) is 8.97. The average molecular weight is 331 g/mol. The molecule has 1 aliphatic rings. The summed E-state index contributed by atoms with van der Waals surface area (Å²) in [6.07, 6.45) is 2.08. The van der Waals surface area contributed by atoms with Crippen molar-refractivity contribution in [3.05, 3.63) is 40.5 Å². The summed E-state index contributed by atoms with van der Waals surface area (Å²) in [5.74, 6) is 2.38. The van der Waals surface area contributed by atoms with E-state index in [9.17, 15) is 4.79 Å². The molecular formula is C17H21N3O2S. The number of aryl methyl sites for hydroxylation is 3. The van der Waals surface area contributed by atoms with Crippen molar-refractivity contribution >= 4 is 23.4 Å². The van der Waals surface area contributed by atoms with E-state index in [0.717, 1.165) is 25.1 Å². The van der Waals surface area contributed by atoms with Crippen LogP contribution in [0.2, 0.25) is 0 Å². The Morgan fingerprint density at radius 3 is 2.91 bits per heavy atom. The van der Waals surface area contributed by atoms with Crippen LogP contribution >= 0.6 is 11.8 Å². The van der Waals surface area contributed by atoms with Crippen LogP contribution in [0.1, 0.15) is 34.8 Å². The lowest BCUT2D eigenvalue weighted by atomic mass is 9.95. The molecule has 1 aromatic heterocycles. The summed E-state index contributed by atoms with van der Waals surface area (Å²) < 4.78 is 4.94. The number of aromatic nitrogens is 2. The fourth-order valence-corrected chi connectivity index (χ4v) is 3.77. The quantitative estimate of drug-likeness (QED) is 0.861. The van der Waals surface area contributed by atoms with E-state index in [0.29, 0.717) is 23.2 Å². The van der Waals surface area contributed by atoms with Gasteiger partial charge in [-0.1, -0.05) is 11.2 Å². The molecule has 1 aromatic carbocycles. The Morgan fingerprint density at radius 2 is 2.17 bits per heavy atom. The SMILES string of the molecule is Cc1cc(C)c2c(c1)N(C(=O)CSCc1noc(C)n1)CCC2. The van der Waals surface area contributed by atoms with Gasteiger partial charge in [-0.05, 0) is 49.4 Å². The molecule has 1 aliphatic heterocycles. The Kier molecular flexibility index (Phi) is 4.71. The molecule has 0 saturated carbocycles. The van der Waals surface area contributed by atoms with Crippen LogP contribution < -0.4 is 4.90 Å². The molecule has 5 nitrogen and oxygen atoms in total. The number of amides is 1. The third kappa shape index (κ3) is 3.58. The topological polar surface area (TPSA) is 59.2 Å². The zero-order valence-corrected chi connectivity index (χ0v) is 14.6. The minimum absolute atomic E-state index is 0.154. The van der Waals surface area contributed by atoms with E-state index in [1.807, 2.05) is 4.90 Å². The Bertz CT molecular complexity index is 727. The lowest BCUT2D eigenvalue weighted by Crippen LogP contribution is -2.37. The molecule has 0 radical (unpaired) electrons. The predicted molar refractivity (Wildman–Crippen MR) is 91.8 cm³/mol. The summed E-state index contributed by atoms with van der Waals surface area (Å²) in [5, 5.41) is 3.85. The lowest BCUT2D eigenvalue weighted by Gasteiger charge is -2.31. The highest BCUT2D eigenvalue weighted by molar-refractivity contribution is 7.99. The molecule has 0 saturated heterocycles. The van der Waals surface area contributed by atoms with Crippen molar-refractivity contribution in [2.75, 3.05) is 17.2 Å². The van der Waals surface area contributed by atoms with Gasteiger partial charge in [-0.3, -0.25) is 4.79 Å². The van der Waals surface area contributed by atoms with Crippen LogP contribution in [0.25, 0.3) is 0 Å². The first-order chi connectivity index (χ1) is 11.0. The monoisotopic (exact) mass is 331 g/mol. The van der Waals surface area contributed by atoms with E-state index >= 15 is 0 Å². The summed E-state index contributed by atoms with van der Waals surface area (Å²) in [4.78, 5) is 18.7. The molecule has 1 amide bonds. The fourth-order valence-electron chi connectivity index (χ4n) is 3.04. The maximum atomic E-state index is 12.6. The third-order valence-corrected chi connectivity index (χ3v) is 4.93. The number of nitrogens with zero attached hydrogens (tertiary/aromatic N) is 3. The molecule has 2 aromatic rings. The van der Waals surface area contributed by atoms with Crippen molar-refractivity contribution in [1.82, 2.24) is 10.1 Å². The molecule has 0 bridgehead atoms. The second-order valence-electron chi connectivity index (χ2n) is 5.95. The molecule has 0 fully saturated rings. The molecule has 6 heteroatoms. The van der Waals surface area contributed by atoms with Crippen LogP contribution in [0.3, 0.4) is 0 Å². The van der Waals surface area contributed by atoms with Gasteiger partial charge in [-0.2, -0.15) is 4.98 Å². The van der Waals surface area contributed by atoms with Crippen molar-refractivity contribution in [3.8, 4) is 0 Å². The minimum atomic E-state index is 0.154. The number of rotatable bonds is 4. The minimum Gasteiger partial charge on any atom is -0.340 e. The fraction of sp³-hybridized carbons (Fsp3) is 0.471. The van der Waals surface area contributed by atoms with Gasteiger partial charge in [-0.15, -0.1) is 11.8 Å². The van der Waals surface area contributed by atoms with Crippen molar-refractivity contribution in [1.29, 1.82) is 0 Å². The summed E-state index contributed by atoms with van der Waals surface area (Å²) in [7, 11) is 0. The predicted octanol–water partition coefficient (Wildman–Crippen LogP) is 3.21. The van der Waals surface area contributed by atoms with Crippen LogP contribution in [0.5, 0.6) is 0 Å². The van der Waals surface area contributed by atoms with Crippen molar-refractivity contribution < 1.29 is 9.32 Å². The highest BCUT2D eigenvalue weighted by atomic mass is 32.2. The van der Waals surface area contributed by atoms with Crippen LogP contribution in [0.4, 0.5) is 5.69 Å². The molecule has 0 spiro atoms. The third-order valence-electron chi connectivity index (χ3n) is 4.02. The van der Waals surface area contributed by atoms with Gasteiger partial charge < -0.3 is 9.42 Å². The van der Waals surface area contributed by atoms with Crippen LogP contribution in [-0.4, -0.2) is 28.3 Å². The number of carbonyl (C=O) groups excluding carboxylic acids is 1. The highest BCUT2D eigenvalue weighted by Gasteiger charge is 2.23. The summed E-state index contributed by atoms with van der Waals surface area (Å²) in [5.41, 5.74) is 4.90. The van der Waals surface area contributed by atoms with E-state index in [4.69, 9.17) is 4.52 Å². The van der Waals surface area contributed by atoms with Gasteiger partial charge in [0.1, 0.15) is 0 Å². The molecule has 2 heterocycles. The number of anilines is 1. The molecular weight excluding hydrogens is 310 g/mol. The summed E-state index contributed by atoms with van der Waals surface area (Å²) in [6, 6.07) is 4.33. The molecule has 0 aliphatic carbocycles. The Balaban J connectivity index is 1.67. The van der Waals surface area contributed by atoms with Gasteiger partial charge >= 0.3 is 0 Å². The van der Waals surface area contributed by atoms with Gasteiger partial charge in [0.05, 0.1) is 11.5 Å². The lowest BCUT2D eigenvalue weighted by molar-refractivity contribution is -0.116. The number of hydrogen-bond acceptors (Lipinski definition) is 5.